The summed E-state index contributed by atoms with van der Waals surface area (Å²) in [6.07, 6.45) is 1.88. The van der Waals surface area contributed by atoms with Crippen LogP contribution in [0.5, 0.6) is 0 Å². The Balaban J connectivity index is 1.64. The molecule has 39 heavy (non-hydrogen) atoms. The summed E-state index contributed by atoms with van der Waals surface area (Å²) in [5, 5.41) is 13.8. The molecule has 4 atom stereocenters. The van der Waals surface area contributed by atoms with Crippen LogP contribution in [-0.4, -0.2) is 58.4 Å². The number of carboxylic acid groups (broad SMARTS) is 1. The first-order valence-corrected chi connectivity index (χ1v) is 13.8. The van der Waals surface area contributed by atoms with E-state index in [1.54, 1.807) is 32.2 Å². The minimum Gasteiger partial charge on any atom is -0.481 e. The zero-order chi connectivity index (χ0) is 28.1. The molecule has 1 saturated carbocycles. The van der Waals surface area contributed by atoms with Gasteiger partial charge in [0.2, 0.25) is 5.91 Å². The number of aliphatic carboxylic acids is 1. The number of nitrogens with one attached hydrogen (secondary N) is 1. The number of amides is 4. The fraction of sp³-hybridized carbons (Fsp3) is 0.448. The van der Waals surface area contributed by atoms with E-state index in [0.717, 1.165) is 24.0 Å². The normalized spacial score (nSPS) is 26.9. The summed E-state index contributed by atoms with van der Waals surface area (Å²) in [7, 11) is 1.61. The predicted octanol–water partition coefficient (Wildman–Crippen LogP) is 5.04. The van der Waals surface area contributed by atoms with Crippen molar-refractivity contribution in [1.82, 2.24) is 15.1 Å². The molecule has 1 aliphatic carbocycles. The van der Waals surface area contributed by atoms with Gasteiger partial charge in [0.1, 0.15) is 6.54 Å². The molecule has 10 heteroatoms. The molecule has 2 aromatic carbocycles. The molecule has 4 amide bonds. The van der Waals surface area contributed by atoms with E-state index in [1.807, 2.05) is 30.3 Å². The summed E-state index contributed by atoms with van der Waals surface area (Å²) in [4.78, 5) is 54.9. The van der Waals surface area contributed by atoms with Crippen molar-refractivity contribution in [3.63, 3.8) is 0 Å². The number of carbonyl (C=O) groups is 4. The fourth-order valence-electron chi connectivity index (χ4n) is 6.50. The molecule has 0 aromatic heterocycles. The molecule has 2 N–H and O–H groups in total. The van der Waals surface area contributed by atoms with Crippen molar-refractivity contribution in [2.45, 2.75) is 56.5 Å². The lowest BCUT2D eigenvalue weighted by molar-refractivity contribution is -0.148. The van der Waals surface area contributed by atoms with Crippen LogP contribution in [0.4, 0.5) is 4.79 Å². The number of hydrogen-bond acceptors (Lipinski definition) is 4. The Labute approximate surface area is 237 Å². The molecule has 2 aliphatic heterocycles. The summed E-state index contributed by atoms with van der Waals surface area (Å²) in [6, 6.07) is 13.7. The van der Waals surface area contributed by atoms with Crippen LogP contribution in [0.2, 0.25) is 10.0 Å². The maximum atomic E-state index is 13.5. The number of benzene rings is 2. The van der Waals surface area contributed by atoms with Crippen molar-refractivity contribution >= 4 is 47.0 Å². The lowest BCUT2D eigenvalue weighted by Gasteiger charge is -2.48. The lowest BCUT2D eigenvalue weighted by atomic mass is 9.66. The fourth-order valence-corrected chi connectivity index (χ4v) is 6.82. The van der Waals surface area contributed by atoms with Gasteiger partial charge in [-0.3, -0.25) is 19.3 Å². The third-order valence-electron chi connectivity index (χ3n) is 8.51. The van der Waals surface area contributed by atoms with Crippen LogP contribution in [0, 0.1) is 11.3 Å². The second-order valence-corrected chi connectivity index (χ2v) is 12.2. The Morgan fingerprint density at radius 2 is 1.79 bits per heavy atom. The third-order valence-corrected chi connectivity index (χ3v) is 8.99. The first-order valence-electron chi connectivity index (χ1n) is 13.1. The van der Waals surface area contributed by atoms with Gasteiger partial charge in [-0.2, -0.15) is 0 Å². The standard InChI is InChI=1S/C29H31Cl2N3O5/c1-28(15-25(36)37)13-22(17-4-3-5-21(31)12-17)23(32-26(28)38)14-29(18-6-7-18,19-8-10-20(30)11-9-19)34-24(35)16-33(2)27(34)39/h3-5,8-12,18,22-23H,6-7,13-16H2,1-2H3,(H,32,38)(H,36,37). The van der Waals surface area contributed by atoms with E-state index in [2.05, 4.69) is 5.32 Å². The highest BCUT2D eigenvalue weighted by Crippen LogP contribution is 2.55. The molecular weight excluding hydrogens is 541 g/mol. The molecule has 5 rings (SSSR count). The molecular formula is C29H31Cl2N3O5. The van der Waals surface area contributed by atoms with Gasteiger partial charge in [0.15, 0.2) is 0 Å². The minimum absolute atomic E-state index is 0.00215. The maximum absolute atomic E-state index is 13.5. The Hall–Kier alpha value is -3.10. The molecule has 3 aliphatic rings. The van der Waals surface area contributed by atoms with Gasteiger partial charge >= 0.3 is 12.0 Å². The Morgan fingerprint density at radius 1 is 1.10 bits per heavy atom. The number of halogens is 2. The van der Waals surface area contributed by atoms with Crippen LogP contribution in [0.3, 0.4) is 0 Å². The molecule has 0 bridgehead atoms. The van der Waals surface area contributed by atoms with Gasteiger partial charge in [0.05, 0.1) is 17.4 Å². The van der Waals surface area contributed by atoms with Gasteiger partial charge in [0, 0.05) is 29.1 Å². The molecule has 4 unspecified atom stereocenters. The van der Waals surface area contributed by atoms with E-state index in [4.69, 9.17) is 23.2 Å². The van der Waals surface area contributed by atoms with Crippen LogP contribution >= 0.6 is 23.2 Å². The quantitative estimate of drug-likeness (QED) is 0.432. The van der Waals surface area contributed by atoms with Crippen LogP contribution in [-0.2, 0) is 19.9 Å². The zero-order valence-corrected chi connectivity index (χ0v) is 23.3. The zero-order valence-electron chi connectivity index (χ0n) is 21.8. The number of likely N-dealkylation sites (N-methyl/N-ethyl adjacent to an activating group) is 1. The van der Waals surface area contributed by atoms with Gasteiger partial charge in [-0.05, 0) is 67.0 Å². The molecule has 2 aromatic rings. The predicted molar refractivity (Wildman–Crippen MR) is 146 cm³/mol. The van der Waals surface area contributed by atoms with Crippen molar-refractivity contribution in [3.05, 3.63) is 69.7 Å². The smallest absolute Gasteiger partial charge is 0.327 e. The first kappa shape index (κ1) is 27.5. The van der Waals surface area contributed by atoms with Crippen molar-refractivity contribution < 1.29 is 24.3 Å². The largest absolute Gasteiger partial charge is 0.481 e. The average molecular weight is 572 g/mol. The van der Waals surface area contributed by atoms with E-state index in [-0.39, 0.29) is 55.5 Å². The first-order chi connectivity index (χ1) is 18.4. The molecule has 8 nitrogen and oxygen atoms in total. The van der Waals surface area contributed by atoms with E-state index in [9.17, 15) is 24.3 Å². The topological polar surface area (TPSA) is 107 Å². The summed E-state index contributed by atoms with van der Waals surface area (Å²) in [6.45, 7) is 1.65. The monoisotopic (exact) mass is 571 g/mol. The Bertz CT molecular complexity index is 1330. The van der Waals surface area contributed by atoms with Gasteiger partial charge in [-0.25, -0.2) is 4.79 Å². The van der Waals surface area contributed by atoms with Crippen molar-refractivity contribution in [2.75, 3.05) is 13.6 Å². The Kier molecular flexibility index (Phi) is 7.14. The van der Waals surface area contributed by atoms with Gasteiger partial charge < -0.3 is 15.3 Å². The highest BCUT2D eigenvalue weighted by Gasteiger charge is 2.59. The number of rotatable bonds is 8. The van der Waals surface area contributed by atoms with E-state index in [1.165, 1.54) is 9.80 Å². The highest BCUT2D eigenvalue weighted by molar-refractivity contribution is 6.30. The summed E-state index contributed by atoms with van der Waals surface area (Å²) < 4.78 is 0. The van der Waals surface area contributed by atoms with Crippen molar-refractivity contribution in [3.8, 4) is 0 Å². The minimum atomic E-state index is -1.14. The summed E-state index contributed by atoms with van der Waals surface area (Å²) in [5.74, 6) is -2.00. The number of nitrogens with zero attached hydrogens (tertiary/aromatic N) is 2. The van der Waals surface area contributed by atoms with Crippen LogP contribution < -0.4 is 5.32 Å². The van der Waals surface area contributed by atoms with E-state index >= 15 is 0 Å². The summed E-state index contributed by atoms with van der Waals surface area (Å²) >= 11 is 12.6. The van der Waals surface area contributed by atoms with Crippen molar-refractivity contribution in [2.24, 2.45) is 11.3 Å². The lowest BCUT2D eigenvalue weighted by Crippen LogP contribution is -2.60. The van der Waals surface area contributed by atoms with E-state index in [0.29, 0.717) is 10.0 Å². The maximum Gasteiger partial charge on any atom is 0.327 e. The highest BCUT2D eigenvalue weighted by atomic mass is 35.5. The van der Waals surface area contributed by atoms with Gasteiger partial charge in [0.25, 0.3) is 5.91 Å². The number of carbonyl (C=O) groups excluding carboxylic acids is 3. The molecule has 3 fully saturated rings. The van der Waals surface area contributed by atoms with Crippen LogP contribution in [0.15, 0.2) is 48.5 Å². The molecule has 2 heterocycles. The van der Waals surface area contributed by atoms with Crippen LogP contribution in [0.1, 0.15) is 56.1 Å². The number of piperidine rings is 1. The van der Waals surface area contributed by atoms with E-state index < -0.39 is 23.0 Å². The molecule has 2 saturated heterocycles. The molecule has 0 radical (unpaired) electrons. The molecule has 206 valence electrons. The van der Waals surface area contributed by atoms with Crippen molar-refractivity contribution in [1.29, 1.82) is 0 Å². The Morgan fingerprint density at radius 3 is 2.36 bits per heavy atom. The number of imide groups is 1. The third kappa shape index (κ3) is 5.00. The SMILES string of the molecule is CN1CC(=O)N(C(CC2NC(=O)C(C)(CC(=O)O)CC2c2cccc(Cl)c2)(c2ccc(Cl)cc2)C2CC2)C1=O. The average Bonchev–Trinajstić information content (AvgIpc) is 3.68. The number of hydrogen-bond donors (Lipinski definition) is 2. The number of urea groups is 1. The summed E-state index contributed by atoms with van der Waals surface area (Å²) in [5.41, 5.74) is -0.513. The van der Waals surface area contributed by atoms with Crippen LogP contribution in [0.25, 0.3) is 0 Å². The molecule has 0 spiro atoms. The van der Waals surface area contributed by atoms with Gasteiger partial charge in [-0.15, -0.1) is 0 Å². The second kappa shape index (κ2) is 10.1. The number of carboxylic acids is 1. The second-order valence-electron chi connectivity index (χ2n) is 11.4. The van der Waals surface area contributed by atoms with Gasteiger partial charge in [-0.1, -0.05) is 54.4 Å².